The molecule has 154 valence electrons. The van der Waals surface area contributed by atoms with Crippen LogP contribution in [-0.4, -0.2) is 72.9 Å². The van der Waals surface area contributed by atoms with Crippen LogP contribution in [0.25, 0.3) is 5.43 Å². The van der Waals surface area contributed by atoms with Gasteiger partial charge in [-0.15, -0.1) is 9.80 Å². The molecule has 0 radical (unpaired) electrons. The van der Waals surface area contributed by atoms with Crippen molar-refractivity contribution in [1.29, 1.82) is 0 Å². The second kappa shape index (κ2) is 8.37. The maximum absolute atomic E-state index is 4.45. The van der Waals surface area contributed by atoms with Gasteiger partial charge in [0.15, 0.2) is 7.05 Å². The van der Waals surface area contributed by atoms with Crippen molar-refractivity contribution in [3.8, 4) is 0 Å². The Morgan fingerprint density at radius 3 is 2.00 bits per heavy atom. The minimum atomic E-state index is 0.670. The van der Waals surface area contributed by atoms with E-state index in [4.69, 9.17) is 0 Å². The fourth-order valence-corrected chi connectivity index (χ4v) is 3.11. The third kappa shape index (κ3) is 4.66. The topological polar surface area (TPSA) is 88.6 Å². The number of hydrazone groups is 2. The Balaban J connectivity index is 1.44. The van der Waals surface area contributed by atoms with Gasteiger partial charge in [-0.05, 0) is 54.8 Å². The van der Waals surface area contributed by atoms with E-state index in [0.29, 0.717) is 25.0 Å². The number of amidine groups is 2. The Kier molecular flexibility index (Phi) is 5.48. The predicted molar refractivity (Wildman–Crippen MR) is 115 cm³/mol. The van der Waals surface area contributed by atoms with Gasteiger partial charge in [0.25, 0.3) is 6.67 Å². The molecule has 0 N–H and O–H groups in total. The van der Waals surface area contributed by atoms with Gasteiger partial charge in [0.1, 0.15) is 0 Å². The zero-order valence-electron chi connectivity index (χ0n) is 17.5. The molecule has 0 bridgehead atoms. The first-order valence-electron chi connectivity index (χ1n) is 9.54. The van der Waals surface area contributed by atoms with Crippen molar-refractivity contribution < 1.29 is 4.70 Å². The summed E-state index contributed by atoms with van der Waals surface area (Å²) in [5, 5.41) is 27.5. The number of nitrogens with zero attached hydrogens (tertiary/aromatic N) is 10. The molecule has 2 aromatic rings. The number of benzene rings is 2. The number of hydrogen-bond acceptors (Lipinski definition) is 8. The molecule has 0 aromatic heterocycles. The smallest absolute Gasteiger partial charge is 0.258 e. The Bertz CT molecular complexity index is 1020. The molecule has 2 aliphatic rings. The molecular formula is C20H24N10. The van der Waals surface area contributed by atoms with Crippen LogP contribution in [-0.2, 0) is 0 Å². The van der Waals surface area contributed by atoms with Gasteiger partial charge in [-0.2, -0.15) is 10.2 Å². The first-order valence-corrected chi connectivity index (χ1v) is 9.54. The minimum Gasteiger partial charge on any atom is -0.396 e. The highest BCUT2D eigenvalue weighted by molar-refractivity contribution is 6.07. The summed E-state index contributed by atoms with van der Waals surface area (Å²) in [4.78, 5) is 0. The molecule has 2 aromatic carbocycles. The van der Waals surface area contributed by atoms with Gasteiger partial charge in [-0.25, -0.2) is 5.01 Å². The van der Waals surface area contributed by atoms with Crippen molar-refractivity contribution >= 4 is 23.0 Å². The Hall–Kier alpha value is -3.66. The molecule has 0 unspecified atom stereocenters. The third-order valence-corrected chi connectivity index (χ3v) is 4.41. The molecule has 0 amide bonds. The molecule has 0 aliphatic carbocycles. The van der Waals surface area contributed by atoms with Crippen LogP contribution in [0.4, 0.5) is 11.4 Å². The highest BCUT2D eigenvalue weighted by Crippen LogP contribution is 2.22. The zero-order valence-corrected chi connectivity index (χ0v) is 17.5. The summed E-state index contributed by atoms with van der Waals surface area (Å²) in [5.41, 5.74) is 7.83. The normalized spacial score (nSPS) is 17.5. The molecule has 0 atom stereocenters. The fraction of sp³-hybridized carbons (Fsp3) is 0.300. The molecule has 0 fully saturated rings. The zero-order chi connectivity index (χ0) is 21.1. The van der Waals surface area contributed by atoms with E-state index >= 15 is 0 Å². The van der Waals surface area contributed by atoms with E-state index in [-0.39, 0.29) is 0 Å². The van der Waals surface area contributed by atoms with Crippen LogP contribution < -0.4 is 0 Å². The molecule has 30 heavy (non-hydrogen) atoms. The van der Waals surface area contributed by atoms with Gasteiger partial charge < -0.3 is 15.5 Å². The lowest BCUT2D eigenvalue weighted by Gasteiger charge is -2.40. The van der Waals surface area contributed by atoms with Crippen molar-refractivity contribution in [1.82, 2.24) is 15.0 Å². The average molecular weight is 404 g/mol. The first-order chi connectivity index (χ1) is 14.5. The average Bonchev–Trinajstić information content (AvgIpc) is 2.71. The van der Waals surface area contributed by atoms with Gasteiger partial charge in [0.2, 0.25) is 5.84 Å². The lowest BCUT2D eigenvalue weighted by molar-refractivity contribution is -0.582. The number of hydrogen-bond donors (Lipinski definition) is 0. The van der Waals surface area contributed by atoms with Crippen LogP contribution in [0.5, 0.6) is 0 Å². The summed E-state index contributed by atoms with van der Waals surface area (Å²) in [6.45, 7) is 1.34. The molecule has 0 spiro atoms. The minimum absolute atomic E-state index is 0.670. The van der Waals surface area contributed by atoms with Crippen LogP contribution in [0.3, 0.4) is 0 Å². The van der Waals surface area contributed by atoms with Crippen LogP contribution >= 0.6 is 0 Å². The summed E-state index contributed by atoms with van der Waals surface area (Å²) in [6.07, 6.45) is 0. The van der Waals surface area contributed by atoms with Crippen LogP contribution in [0.1, 0.15) is 11.1 Å². The Labute approximate surface area is 175 Å². The van der Waals surface area contributed by atoms with Crippen molar-refractivity contribution in [2.75, 3.05) is 41.5 Å². The molecular weight excluding hydrogens is 380 g/mol. The summed E-state index contributed by atoms with van der Waals surface area (Å²) in [7, 11) is 7.68. The molecule has 2 aliphatic heterocycles. The van der Waals surface area contributed by atoms with E-state index in [0.717, 1.165) is 22.5 Å². The summed E-state index contributed by atoms with van der Waals surface area (Å²) < 4.78 is 1.85. The number of azo groups is 3. The molecule has 10 nitrogen and oxygen atoms in total. The lowest BCUT2D eigenvalue weighted by atomic mass is 10.2. The SMILES string of the molecule is CN1C[N+](C)=NC(c2ccc(N=Nc3ccc(C4=NN(C)CN(C)[N-]4)cc3)cc2)=N1. The van der Waals surface area contributed by atoms with Crippen molar-refractivity contribution in [3.05, 3.63) is 65.1 Å². The van der Waals surface area contributed by atoms with Crippen LogP contribution in [0.2, 0.25) is 0 Å². The largest absolute Gasteiger partial charge is 0.396 e. The Morgan fingerprint density at radius 2 is 1.43 bits per heavy atom. The lowest BCUT2D eigenvalue weighted by Crippen LogP contribution is -2.34. The second-order valence-corrected chi connectivity index (χ2v) is 7.25. The summed E-state index contributed by atoms with van der Waals surface area (Å²) in [5.74, 6) is 1.36. The van der Waals surface area contributed by atoms with Crippen molar-refractivity contribution in [2.45, 2.75) is 0 Å². The quantitative estimate of drug-likeness (QED) is 0.577. The Morgan fingerprint density at radius 1 is 0.833 bits per heavy atom. The standard InChI is InChI=1S/C20H24N10/c1-27-13-28(2)24-19(23-27)15-5-9-17(10-6-15)21-22-18-11-7-16(8-12-18)20-25-29(3)14-30(4)26-20/h5-12H,13-14H2,1-4H3. The summed E-state index contributed by atoms with van der Waals surface area (Å²) in [6, 6.07) is 15.4. The van der Waals surface area contributed by atoms with E-state index in [9.17, 15) is 0 Å². The third-order valence-electron chi connectivity index (χ3n) is 4.41. The van der Waals surface area contributed by atoms with E-state index in [1.807, 2.05) is 96.4 Å². The van der Waals surface area contributed by atoms with E-state index < -0.39 is 0 Å². The van der Waals surface area contributed by atoms with E-state index in [1.54, 1.807) is 0 Å². The van der Waals surface area contributed by atoms with Crippen molar-refractivity contribution in [3.63, 3.8) is 0 Å². The maximum Gasteiger partial charge on any atom is 0.258 e. The van der Waals surface area contributed by atoms with Gasteiger partial charge >= 0.3 is 0 Å². The molecule has 10 heteroatoms. The van der Waals surface area contributed by atoms with Crippen molar-refractivity contribution in [2.24, 2.45) is 25.5 Å². The predicted octanol–water partition coefficient (Wildman–Crippen LogP) is 3.55. The molecule has 4 rings (SSSR count). The number of rotatable bonds is 4. The van der Waals surface area contributed by atoms with Gasteiger partial charge in [0, 0.05) is 24.8 Å². The molecule has 0 saturated carbocycles. The molecule has 2 heterocycles. The van der Waals surface area contributed by atoms with E-state index in [2.05, 4.69) is 31.0 Å². The van der Waals surface area contributed by atoms with Gasteiger partial charge in [0.05, 0.1) is 18.0 Å². The molecule has 0 saturated heterocycles. The second-order valence-electron chi connectivity index (χ2n) is 7.25. The van der Waals surface area contributed by atoms with Crippen LogP contribution in [0.15, 0.2) is 74.1 Å². The van der Waals surface area contributed by atoms with E-state index in [1.165, 1.54) is 0 Å². The highest BCUT2D eigenvalue weighted by atomic mass is 15.7. The highest BCUT2D eigenvalue weighted by Gasteiger charge is 2.16. The van der Waals surface area contributed by atoms with Gasteiger partial charge in [-0.3, -0.25) is 5.01 Å². The fourth-order valence-electron chi connectivity index (χ4n) is 3.11. The van der Waals surface area contributed by atoms with Gasteiger partial charge in [-0.1, -0.05) is 12.1 Å². The van der Waals surface area contributed by atoms with Crippen LogP contribution in [0, 0.1) is 0 Å². The maximum atomic E-state index is 4.45. The monoisotopic (exact) mass is 404 g/mol. The first kappa shape index (κ1) is 19.6. The summed E-state index contributed by atoms with van der Waals surface area (Å²) >= 11 is 0.